The molecule has 0 aliphatic heterocycles. The highest BCUT2D eigenvalue weighted by Gasteiger charge is 2.23. The molecule has 0 radical (unpaired) electrons. The molecule has 2 rings (SSSR count). The maximum absolute atomic E-state index is 11.9. The standard InChI is InChI=1S/C14H17ClN2O5S/c15-10-1-5-12(6-2-10)23(20,21)16-8-7-14(19)22-9-13(18)17-11-3-4-11/h1-2,5-6,11,16H,3-4,7-9H2,(H,17,18). The first-order valence-corrected chi connectivity index (χ1v) is 8.93. The lowest BCUT2D eigenvalue weighted by molar-refractivity contribution is -0.148. The van der Waals surface area contributed by atoms with Crippen LogP contribution in [0.2, 0.25) is 5.02 Å². The molecule has 0 bridgehead atoms. The minimum atomic E-state index is -3.71. The summed E-state index contributed by atoms with van der Waals surface area (Å²) in [6.45, 7) is -0.465. The summed E-state index contributed by atoms with van der Waals surface area (Å²) in [4.78, 5) is 22.8. The van der Waals surface area contributed by atoms with Crippen LogP contribution in [0.4, 0.5) is 0 Å². The van der Waals surface area contributed by atoms with Crippen LogP contribution in [0.5, 0.6) is 0 Å². The molecule has 1 aromatic rings. The van der Waals surface area contributed by atoms with Crippen LogP contribution in [0.25, 0.3) is 0 Å². The molecule has 2 N–H and O–H groups in total. The molecular formula is C14H17ClN2O5S. The number of ether oxygens (including phenoxy) is 1. The van der Waals surface area contributed by atoms with Gasteiger partial charge in [0.05, 0.1) is 11.3 Å². The topological polar surface area (TPSA) is 102 Å². The third-order valence-electron chi connectivity index (χ3n) is 3.05. The maximum Gasteiger partial charge on any atom is 0.307 e. The SMILES string of the molecule is O=C(COC(=O)CCNS(=O)(=O)c1ccc(Cl)cc1)NC1CC1. The van der Waals surface area contributed by atoms with E-state index in [0.29, 0.717) is 5.02 Å². The van der Waals surface area contributed by atoms with Gasteiger partial charge in [0, 0.05) is 17.6 Å². The van der Waals surface area contributed by atoms with Gasteiger partial charge >= 0.3 is 5.97 Å². The van der Waals surface area contributed by atoms with Crippen LogP contribution < -0.4 is 10.0 Å². The first-order valence-electron chi connectivity index (χ1n) is 7.07. The van der Waals surface area contributed by atoms with Gasteiger partial charge in [0.15, 0.2) is 6.61 Å². The average molecular weight is 361 g/mol. The van der Waals surface area contributed by atoms with Crippen LogP contribution in [0.1, 0.15) is 19.3 Å². The number of carbonyl (C=O) groups is 2. The Balaban J connectivity index is 1.69. The molecular weight excluding hydrogens is 344 g/mol. The maximum atomic E-state index is 11.9. The van der Waals surface area contributed by atoms with Crippen molar-refractivity contribution in [1.82, 2.24) is 10.0 Å². The van der Waals surface area contributed by atoms with Crippen molar-refractivity contribution in [2.75, 3.05) is 13.2 Å². The Morgan fingerprint density at radius 3 is 2.48 bits per heavy atom. The number of hydrogen-bond acceptors (Lipinski definition) is 5. The zero-order chi connectivity index (χ0) is 16.9. The molecule has 1 aromatic carbocycles. The van der Waals surface area contributed by atoms with E-state index in [-0.39, 0.29) is 36.4 Å². The lowest BCUT2D eigenvalue weighted by atomic mass is 10.4. The Bertz CT molecular complexity index is 671. The molecule has 0 unspecified atom stereocenters. The Labute approximate surface area is 139 Å². The van der Waals surface area contributed by atoms with Gasteiger partial charge in [-0.25, -0.2) is 13.1 Å². The monoisotopic (exact) mass is 360 g/mol. The van der Waals surface area contributed by atoms with Gasteiger partial charge in [-0.15, -0.1) is 0 Å². The van der Waals surface area contributed by atoms with Crippen LogP contribution in [-0.2, 0) is 24.3 Å². The highest BCUT2D eigenvalue weighted by Crippen LogP contribution is 2.18. The minimum absolute atomic E-state index is 0.0547. The van der Waals surface area contributed by atoms with Gasteiger partial charge in [0.25, 0.3) is 5.91 Å². The number of benzene rings is 1. The van der Waals surface area contributed by atoms with Crippen molar-refractivity contribution in [1.29, 1.82) is 0 Å². The van der Waals surface area contributed by atoms with Crippen LogP contribution in [0.15, 0.2) is 29.2 Å². The summed E-state index contributed by atoms with van der Waals surface area (Å²) < 4.78 is 30.9. The Morgan fingerprint density at radius 2 is 1.87 bits per heavy atom. The van der Waals surface area contributed by atoms with E-state index in [1.807, 2.05) is 0 Å². The van der Waals surface area contributed by atoms with Crippen molar-refractivity contribution in [3.8, 4) is 0 Å². The van der Waals surface area contributed by atoms with Gasteiger partial charge < -0.3 is 10.1 Å². The molecule has 1 saturated carbocycles. The number of halogens is 1. The van der Waals surface area contributed by atoms with Crippen LogP contribution in [0.3, 0.4) is 0 Å². The summed E-state index contributed by atoms with van der Waals surface area (Å²) in [5, 5.41) is 3.10. The van der Waals surface area contributed by atoms with Gasteiger partial charge in [-0.2, -0.15) is 0 Å². The van der Waals surface area contributed by atoms with E-state index < -0.39 is 16.0 Å². The first kappa shape index (κ1) is 17.7. The Hall–Kier alpha value is -1.64. The molecule has 1 fully saturated rings. The van der Waals surface area contributed by atoms with Gasteiger partial charge in [0.1, 0.15) is 0 Å². The summed E-state index contributed by atoms with van der Waals surface area (Å²) in [7, 11) is -3.71. The summed E-state index contributed by atoms with van der Waals surface area (Å²) in [5.74, 6) is -0.989. The minimum Gasteiger partial charge on any atom is -0.456 e. The Morgan fingerprint density at radius 1 is 1.22 bits per heavy atom. The molecule has 1 aliphatic rings. The molecule has 0 atom stereocenters. The molecule has 0 aromatic heterocycles. The van der Waals surface area contributed by atoms with E-state index in [4.69, 9.17) is 16.3 Å². The van der Waals surface area contributed by atoms with E-state index in [2.05, 4.69) is 10.0 Å². The van der Waals surface area contributed by atoms with Crippen molar-refractivity contribution in [2.24, 2.45) is 0 Å². The molecule has 1 aliphatic carbocycles. The molecule has 126 valence electrons. The van der Waals surface area contributed by atoms with Gasteiger partial charge in [-0.05, 0) is 37.1 Å². The lowest BCUT2D eigenvalue weighted by Gasteiger charge is -2.07. The lowest BCUT2D eigenvalue weighted by Crippen LogP contribution is -2.31. The number of esters is 1. The second-order valence-electron chi connectivity index (χ2n) is 5.10. The van der Waals surface area contributed by atoms with E-state index in [9.17, 15) is 18.0 Å². The van der Waals surface area contributed by atoms with Crippen molar-refractivity contribution in [3.63, 3.8) is 0 Å². The number of hydrogen-bond donors (Lipinski definition) is 2. The van der Waals surface area contributed by atoms with Gasteiger partial charge in [-0.1, -0.05) is 11.6 Å². The van der Waals surface area contributed by atoms with Crippen molar-refractivity contribution in [2.45, 2.75) is 30.2 Å². The zero-order valence-corrected chi connectivity index (χ0v) is 13.8. The smallest absolute Gasteiger partial charge is 0.307 e. The van der Waals surface area contributed by atoms with E-state index >= 15 is 0 Å². The fourth-order valence-electron chi connectivity index (χ4n) is 1.70. The summed E-state index contributed by atoms with van der Waals surface area (Å²) in [6.07, 6.45) is 1.74. The van der Waals surface area contributed by atoms with E-state index in [1.54, 1.807) is 0 Å². The number of sulfonamides is 1. The number of carbonyl (C=O) groups excluding carboxylic acids is 2. The summed E-state index contributed by atoms with van der Waals surface area (Å²) in [5.41, 5.74) is 0. The van der Waals surface area contributed by atoms with Crippen LogP contribution in [-0.4, -0.2) is 39.5 Å². The first-order chi connectivity index (χ1) is 10.9. The summed E-state index contributed by atoms with van der Waals surface area (Å²) >= 11 is 5.69. The average Bonchev–Trinajstić information content (AvgIpc) is 3.29. The third-order valence-corrected chi connectivity index (χ3v) is 4.78. The van der Waals surface area contributed by atoms with Crippen molar-refractivity contribution >= 4 is 33.5 Å². The predicted octanol–water partition coefficient (Wildman–Crippen LogP) is 0.830. The van der Waals surface area contributed by atoms with Crippen LogP contribution in [0, 0.1) is 0 Å². The molecule has 7 nitrogen and oxygen atoms in total. The molecule has 23 heavy (non-hydrogen) atoms. The number of amides is 1. The molecule has 9 heteroatoms. The highest BCUT2D eigenvalue weighted by molar-refractivity contribution is 7.89. The fourth-order valence-corrected chi connectivity index (χ4v) is 2.86. The molecule has 0 heterocycles. The number of nitrogens with one attached hydrogen (secondary N) is 2. The van der Waals surface area contributed by atoms with Crippen molar-refractivity contribution in [3.05, 3.63) is 29.3 Å². The Kier molecular flexibility index (Phi) is 5.97. The van der Waals surface area contributed by atoms with Crippen molar-refractivity contribution < 1.29 is 22.7 Å². The third kappa shape index (κ3) is 6.17. The largest absolute Gasteiger partial charge is 0.456 e. The quantitative estimate of drug-likeness (QED) is 0.669. The van der Waals surface area contributed by atoms with Gasteiger partial charge in [-0.3, -0.25) is 9.59 Å². The normalized spacial score (nSPS) is 14.3. The molecule has 1 amide bonds. The van der Waals surface area contributed by atoms with E-state index in [0.717, 1.165) is 12.8 Å². The van der Waals surface area contributed by atoms with Crippen LogP contribution >= 0.6 is 11.6 Å². The zero-order valence-electron chi connectivity index (χ0n) is 12.2. The predicted molar refractivity (Wildman–Crippen MR) is 83.4 cm³/mol. The second-order valence-corrected chi connectivity index (χ2v) is 7.31. The van der Waals surface area contributed by atoms with E-state index in [1.165, 1.54) is 24.3 Å². The molecule has 0 saturated heterocycles. The highest BCUT2D eigenvalue weighted by atomic mass is 35.5. The second kappa shape index (κ2) is 7.76. The number of rotatable bonds is 8. The van der Waals surface area contributed by atoms with Gasteiger partial charge in [0.2, 0.25) is 10.0 Å². The molecule has 0 spiro atoms. The fraction of sp³-hybridized carbons (Fsp3) is 0.429. The summed E-state index contributed by atoms with van der Waals surface area (Å²) in [6, 6.07) is 5.86.